The molecule has 0 unspecified atom stereocenters. The van der Waals surface area contributed by atoms with Crippen molar-refractivity contribution in [3.8, 4) is 0 Å². The largest absolute Gasteiger partial charge is 0.358 e. The van der Waals surface area contributed by atoms with Gasteiger partial charge < -0.3 is 7.43 Å². The monoisotopic (exact) mass is 269 g/mol. The maximum Gasteiger partial charge on any atom is 0.269 e. The van der Waals surface area contributed by atoms with Crippen LogP contribution in [-0.4, -0.2) is 4.92 Å². The van der Waals surface area contributed by atoms with E-state index in [1.54, 1.807) is 12.1 Å². The Kier molecular flexibility index (Phi) is 8.17. The molecule has 0 aliphatic heterocycles. The minimum absolute atomic E-state index is 0. The molecule has 1 aromatic rings. The quantitative estimate of drug-likeness (QED) is 0.470. The molecular weight excluding hydrogens is 255 g/mol. The summed E-state index contributed by atoms with van der Waals surface area (Å²) in [6, 6.07) is 6.66. The summed E-state index contributed by atoms with van der Waals surface area (Å²) < 4.78 is 0. The first-order chi connectivity index (χ1) is 5.61. The Bertz CT molecular complexity index is 283. The van der Waals surface area contributed by atoms with Gasteiger partial charge in [-0.15, -0.1) is 0 Å². The maximum atomic E-state index is 10.3. The topological polar surface area (TPSA) is 43.1 Å². The van der Waals surface area contributed by atoms with Crippen LogP contribution in [0.25, 0.3) is 0 Å². The van der Waals surface area contributed by atoms with Crippen LogP contribution < -0.4 is 0 Å². The van der Waals surface area contributed by atoms with Crippen LogP contribution in [0.4, 0.5) is 5.69 Å². The molecule has 1 aromatic carbocycles. The third kappa shape index (κ3) is 4.29. The maximum absolute atomic E-state index is 10.3. The first-order valence-electron chi connectivity index (χ1n) is 3.85. The number of benzene rings is 1. The zero-order valence-electron chi connectivity index (χ0n) is 8.73. The first-order valence-corrected chi connectivity index (χ1v) is 3.85. The number of hydrogen-bond acceptors (Lipinski definition) is 2. The van der Waals surface area contributed by atoms with Gasteiger partial charge in [0, 0.05) is 44.8 Å². The minimum Gasteiger partial charge on any atom is -0.358 e. The third-order valence-electron chi connectivity index (χ3n) is 1.77. The Hall–Kier alpha value is -0.276. The average molecular weight is 269 g/mol. The van der Waals surface area contributed by atoms with Gasteiger partial charge in [0.15, 0.2) is 0 Å². The zero-order valence-corrected chi connectivity index (χ0v) is 11.6. The molecule has 75 valence electrons. The van der Waals surface area contributed by atoms with Crippen LogP contribution in [-0.2, 0) is 32.7 Å². The summed E-state index contributed by atoms with van der Waals surface area (Å²) in [5.74, 6) is 0.422. The molecule has 0 atom stereocenters. The van der Waals surface area contributed by atoms with Crippen LogP contribution in [0.3, 0.4) is 0 Å². The molecule has 3 nitrogen and oxygen atoms in total. The molecule has 0 fully saturated rings. The molecule has 0 aromatic heterocycles. The Balaban J connectivity index is 0. The fraction of sp³-hybridized carbons (Fsp3) is 0.300. The molecule has 14 heavy (non-hydrogen) atoms. The van der Waals surface area contributed by atoms with Crippen molar-refractivity contribution in [1.29, 1.82) is 0 Å². The number of nitrogens with zero attached hydrogens (tertiary/aromatic N) is 1. The van der Waals surface area contributed by atoms with Gasteiger partial charge in [0.05, 0.1) is 4.92 Å². The minimum atomic E-state index is -0.385. The first kappa shape index (κ1) is 16.2. The van der Waals surface area contributed by atoms with E-state index in [1.807, 2.05) is 0 Å². The van der Waals surface area contributed by atoms with Gasteiger partial charge in [-0.3, -0.25) is 10.1 Å². The number of hydrogen-bond donors (Lipinski definition) is 0. The molecule has 0 spiro atoms. The van der Waals surface area contributed by atoms with E-state index in [0.29, 0.717) is 5.92 Å². The van der Waals surface area contributed by atoms with Gasteiger partial charge in [0.25, 0.3) is 5.69 Å². The van der Waals surface area contributed by atoms with Crippen LogP contribution in [0.2, 0.25) is 0 Å². The molecule has 0 heterocycles. The number of nitro groups is 1. The third-order valence-corrected chi connectivity index (χ3v) is 1.77. The van der Waals surface area contributed by atoms with Gasteiger partial charge in [0.2, 0.25) is 0 Å². The van der Waals surface area contributed by atoms with Crippen LogP contribution in [0.5, 0.6) is 0 Å². The molecule has 1 radical (unpaired) electrons. The summed E-state index contributed by atoms with van der Waals surface area (Å²) in [6.45, 7) is 4.11. The second-order valence-electron chi connectivity index (χ2n) is 3.00. The van der Waals surface area contributed by atoms with E-state index < -0.39 is 0 Å². The molecule has 0 saturated heterocycles. The molecule has 0 amide bonds. The van der Waals surface area contributed by atoms with Crippen molar-refractivity contribution < 1.29 is 37.6 Å². The molecule has 0 N–H and O–H groups in total. The van der Waals surface area contributed by atoms with E-state index in [-0.39, 0.29) is 50.7 Å². The van der Waals surface area contributed by atoms with E-state index >= 15 is 0 Å². The van der Waals surface area contributed by atoms with Crippen molar-refractivity contribution in [2.75, 3.05) is 0 Å². The van der Waals surface area contributed by atoms with E-state index in [4.69, 9.17) is 0 Å². The Morgan fingerprint density at radius 1 is 1.21 bits per heavy atom. The van der Waals surface area contributed by atoms with Gasteiger partial charge in [-0.25, -0.2) is 0 Å². The smallest absolute Gasteiger partial charge is 0.269 e. The van der Waals surface area contributed by atoms with Crippen molar-refractivity contribution in [3.63, 3.8) is 0 Å². The normalized spacial score (nSPS) is 8.79. The fourth-order valence-electron chi connectivity index (χ4n) is 0.981. The molecular formula is C10H14NO2Y-. The van der Waals surface area contributed by atoms with Crippen molar-refractivity contribution >= 4 is 5.69 Å². The number of nitro benzene ring substituents is 1. The molecule has 0 aliphatic carbocycles. The van der Waals surface area contributed by atoms with Gasteiger partial charge in [-0.2, -0.15) is 0 Å². The predicted octanol–water partition coefficient (Wildman–Crippen LogP) is 3.17. The summed E-state index contributed by atoms with van der Waals surface area (Å²) >= 11 is 0. The number of rotatable bonds is 2. The summed E-state index contributed by atoms with van der Waals surface area (Å²) in [5.41, 5.74) is 1.28. The van der Waals surface area contributed by atoms with Crippen LogP contribution in [0.15, 0.2) is 24.3 Å². The Morgan fingerprint density at radius 2 is 1.64 bits per heavy atom. The second-order valence-corrected chi connectivity index (χ2v) is 3.00. The van der Waals surface area contributed by atoms with Gasteiger partial charge in [-0.1, -0.05) is 26.0 Å². The summed E-state index contributed by atoms with van der Waals surface area (Å²) in [7, 11) is 0. The average Bonchev–Trinajstić information content (AvgIpc) is 2.04. The summed E-state index contributed by atoms with van der Waals surface area (Å²) in [6.07, 6.45) is 0. The van der Waals surface area contributed by atoms with Crippen molar-refractivity contribution in [2.45, 2.75) is 19.8 Å². The molecule has 4 heteroatoms. The molecule has 0 aliphatic rings. The van der Waals surface area contributed by atoms with Crippen molar-refractivity contribution in [3.05, 3.63) is 47.4 Å². The molecule has 1 rings (SSSR count). The van der Waals surface area contributed by atoms with Crippen LogP contribution >= 0.6 is 0 Å². The molecule has 0 bridgehead atoms. The second kappa shape index (κ2) is 7.07. The zero-order chi connectivity index (χ0) is 9.14. The van der Waals surface area contributed by atoms with Crippen LogP contribution in [0, 0.1) is 17.5 Å². The van der Waals surface area contributed by atoms with E-state index in [2.05, 4.69) is 13.8 Å². The molecule has 0 saturated carbocycles. The van der Waals surface area contributed by atoms with Crippen LogP contribution in [0.1, 0.15) is 25.3 Å². The Labute approximate surface area is 110 Å². The van der Waals surface area contributed by atoms with Gasteiger partial charge >= 0.3 is 0 Å². The SMILES string of the molecule is CC(C)c1ccc([N+](=O)[O-])cc1.[CH3-].[Y]. The Morgan fingerprint density at radius 3 is 1.93 bits per heavy atom. The summed E-state index contributed by atoms with van der Waals surface area (Å²) in [4.78, 5) is 9.90. The van der Waals surface area contributed by atoms with E-state index in [9.17, 15) is 10.1 Å². The summed E-state index contributed by atoms with van der Waals surface area (Å²) in [5, 5.41) is 10.3. The van der Waals surface area contributed by atoms with Crippen molar-refractivity contribution in [1.82, 2.24) is 0 Å². The predicted molar refractivity (Wildman–Crippen MR) is 53.6 cm³/mol. The van der Waals surface area contributed by atoms with E-state index in [1.165, 1.54) is 12.1 Å². The standard InChI is InChI=1S/C9H11NO2.CH3.Y/c1-7(2)8-3-5-9(6-4-8)10(11)12;;/h3-7H,1-2H3;1H3;/q;-1;. The fourth-order valence-corrected chi connectivity index (χ4v) is 0.981. The van der Waals surface area contributed by atoms with E-state index in [0.717, 1.165) is 5.56 Å². The number of non-ortho nitro benzene ring substituents is 1. The van der Waals surface area contributed by atoms with Gasteiger partial charge in [-0.05, 0) is 11.5 Å². The van der Waals surface area contributed by atoms with Crippen molar-refractivity contribution in [2.24, 2.45) is 0 Å². The van der Waals surface area contributed by atoms with Gasteiger partial charge in [0.1, 0.15) is 0 Å².